The molecule has 1 N–H and O–H groups in total. The van der Waals surface area contributed by atoms with Gasteiger partial charge in [0.1, 0.15) is 0 Å². The molecule has 2 bridgehead atoms. The molecule has 2 unspecified atom stereocenters. The van der Waals surface area contributed by atoms with Crippen LogP contribution in [0.3, 0.4) is 0 Å². The van der Waals surface area contributed by atoms with Gasteiger partial charge in [0.2, 0.25) is 17.7 Å². The highest BCUT2D eigenvalue weighted by atomic mass is 16.2. The van der Waals surface area contributed by atoms with Crippen LogP contribution in [0.15, 0.2) is 24.5 Å². The average molecular weight is 329 g/mol. The number of hydrogen-bond acceptors (Lipinski definition) is 4. The summed E-state index contributed by atoms with van der Waals surface area (Å²) >= 11 is 0. The molecule has 2 aliphatic rings. The summed E-state index contributed by atoms with van der Waals surface area (Å²) in [6.45, 7) is 5.58. The van der Waals surface area contributed by atoms with Crippen molar-refractivity contribution in [3.8, 4) is 0 Å². The molecule has 2 fully saturated rings. The molecule has 2 heterocycles. The molecule has 1 aromatic rings. The molecule has 1 aliphatic carbocycles. The van der Waals surface area contributed by atoms with Crippen LogP contribution in [-0.2, 0) is 14.4 Å². The molecule has 1 aromatic heterocycles. The summed E-state index contributed by atoms with van der Waals surface area (Å²) in [5.41, 5.74) is -1.57. The Hall–Kier alpha value is -2.24. The van der Waals surface area contributed by atoms with E-state index in [1.54, 1.807) is 31.6 Å². The number of rotatable bonds is 2. The molecular weight excluding hydrogens is 306 g/mol. The number of amides is 3. The maximum atomic E-state index is 12.9. The van der Waals surface area contributed by atoms with Crippen LogP contribution in [0.4, 0.5) is 5.69 Å². The van der Waals surface area contributed by atoms with E-state index in [0.717, 1.165) is 0 Å². The van der Waals surface area contributed by atoms with E-state index in [1.807, 2.05) is 20.8 Å². The summed E-state index contributed by atoms with van der Waals surface area (Å²) in [5, 5.41) is 2.88. The minimum absolute atomic E-state index is 0.169. The molecule has 6 heteroatoms. The van der Waals surface area contributed by atoms with Gasteiger partial charge in [-0.1, -0.05) is 20.8 Å². The zero-order valence-corrected chi connectivity index (χ0v) is 14.5. The Morgan fingerprint density at radius 3 is 2.21 bits per heavy atom. The van der Waals surface area contributed by atoms with Gasteiger partial charge in [0, 0.05) is 29.5 Å². The first-order valence-electron chi connectivity index (χ1n) is 8.14. The van der Waals surface area contributed by atoms with Gasteiger partial charge in [-0.25, -0.2) is 0 Å². The van der Waals surface area contributed by atoms with Crippen molar-refractivity contribution in [3.05, 3.63) is 24.5 Å². The molecule has 6 nitrogen and oxygen atoms in total. The lowest BCUT2D eigenvalue weighted by molar-refractivity contribution is -0.177. The lowest BCUT2D eigenvalue weighted by Crippen LogP contribution is -2.63. The van der Waals surface area contributed by atoms with E-state index in [9.17, 15) is 14.4 Å². The zero-order valence-electron chi connectivity index (χ0n) is 14.5. The van der Waals surface area contributed by atoms with Gasteiger partial charge in [-0.3, -0.25) is 24.3 Å². The van der Waals surface area contributed by atoms with Crippen molar-refractivity contribution in [2.45, 2.75) is 40.0 Å². The number of likely N-dealkylation sites (tertiary alicyclic amines) is 1. The summed E-state index contributed by atoms with van der Waals surface area (Å²) < 4.78 is 0. The first-order chi connectivity index (χ1) is 11.1. The van der Waals surface area contributed by atoms with Crippen LogP contribution in [0, 0.1) is 16.2 Å². The third kappa shape index (κ3) is 2.41. The smallest absolute Gasteiger partial charge is 0.234 e. The molecule has 128 valence electrons. The molecule has 0 radical (unpaired) electrons. The second kappa shape index (κ2) is 5.13. The number of carbonyl (C=O) groups is 3. The Labute approximate surface area is 141 Å². The van der Waals surface area contributed by atoms with E-state index in [1.165, 1.54) is 4.90 Å². The van der Waals surface area contributed by atoms with Crippen molar-refractivity contribution in [1.82, 2.24) is 9.88 Å². The number of nitrogens with one attached hydrogen (secondary N) is 1. The number of imide groups is 1. The number of piperidine rings is 1. The van der Waals surface area contributed by atoms with Crippen molar-refractivity contribution >= 4 is 23.4 Å². The van der Waals surface area contributed by atoms with Crippen molar-refractivity contribution in [2.24, 2.45) is 16.2 Å². The third-order valence-electron chi connectivity index (χ3n) is 5.45. The van der Waals surface area contributed by atoms with Gasteiger partial charge < -0.3 is 5.32 Å². The lowest BCUT2D eigenvalue weighted by Gasteiger charge is -2.55. The maximum absolute atomic E-state index is 12.9. The number of aromatic nitrogens is 1. The Balaban J connectivity index is 1.93. The zero-order chi connectivity index (χ0) is 17.8. The highest BCUT2D eigenvalue weighted by Crippen LogP contribution is 2.58. The molecule has 1 saturated heterocycles. The maximum Gasteiger partial charge on any atom is 0.234 e. The first kappa shape index (κ1) is 16.6. The molecule has 1 aliphatic heterocycles. The van der Waals surface area contributed by atoms with Crippen molar-refractivity contribution in [3.63, 3.8) is 0 Å². The molecule has 24 heavy (non-hydrogen) atoms. The molecule has 0 spiro atoms. The SMILES string of the molecule is CN1C(=O)C2(C)CC(C)(C(=O)Nc3cccnc3)CC(C)(C2)C1=O. The standard InChI is InChI=1S/C18H23N3O3/c1-16(13(22)20-12-6-5-7-19-8-12)9-17(2)11-18(3,10-16)15(24)21(4)14(17)23/h5-8H,9-11H2,1-4H3,(H,20,22). The lowest BCUT2D eigenvalue weighted by atomic mass is 9.51. The summed E-state index contributed by atoms with van der Waals surface area (Å²) in [6.07, 6.45) is 4.57. The first-order valence-corrected chi connectivity index (χ1v) is 8.14. The average Bonchev–Trinajstić information content (AvgIpc) is 2.51. The Kier molecular flexibility index (Phi) is 3.55. The van der Waals surface area contributed by atoms with E-state index in [2.05, 4.69) is 10.3 Å². The van der Waals surface area contributed by atoms with E-state index in [0.29, 0.717) is 24.9 Å². The quantitative estimate of drug-likeness (QED) is 0.844. The van der Waals surface area contributed by atoms with E-state index in [4.69, 9.17) is 0 Å². The molecule has 3 amide bonds. The van der Waals surface area contributed by atoms with Crippen LogP contribution in [0.25, 0.3) is 0 Å². The second-order valence-corrected chi connectivity index (χ2v) is 8.08. The molecule has 0 aromatic carbocycles. The summed E-state index contributed by atoms with van der Waals surface area (Å²) in [5.74, 6) is -0.548. The minimum Gasteiger partial charge on any atom is -0.324 e. The van der Waals surface area contributed by atoms with Crippen LogP contribution >= 0.6 is 0 Å². The Bertz CT molecular complexity index is 687. The van der Waals surface area contributed by atoms with Gasteiger partial charge >= 0.3 is 0 Å². The van der Waals surface area contributed by atoms with E-state index >= 15 is 0 Å². The Morgan fingerprint density at radius 1 is 1.12 bits per heavy atom. The van der Waals surface area contributed by atoms with Crippen molar-refractivity contribution in [2.75, 3.05) is 12.4 Å². The predicted molar refractivity (Wildman–Crippen MR) is 88.8 cm³/mol. The van der Waals surface area contributed by atoms with Gasteiger partial charge in [-0.2, -0.15) is 0 Å². The number of pyridine rings is 1. The molecule has 3 rings (SSSR count). The number of hydrogen-bond donors (Lipinski definition) is 1. The fourth-order valence-corrected chi connectivity index (χ4v) is 4.85. The number of carbonyl (C=O) groups excluding carboxylic acids is 3. The minimum atomic E-state index is -0.788. The van der Waals surface area contributed by atoms with Crippen LogP contribution in [0.1, 0.15) is 40.0 Å². The van der Waals surface area contributed by atoms with E-state index in [-0.39, 0.29) is 17.7 Å². The van der Waals surface area contributed by atoms with E-state index < -0.39 is 16.2 Å². The monoisotopic (exact) mass is 329 g/mol. The second-order valence-electron chi connectivity index (χ2n) is 8.08. The summed E-state index contributed by atoms with van der Waals surface area (Å²) in [4.78, 5) is 43.4. The van der Waals surface area contributed by atoms with Crippen molar-refractivity contribution < 1.29 is 14.4 Å². The van der Waals surface area contributed by atoms with Gasteiger partial charge in [-0.15, -0.1) is 0 Å². The molecular formula is C18H23N3O3. The van der Waals surface area contributed by atoms with Crippen LogP contribution in [-0.4, -0.2) is 34.7 Å². The summed E-state index contributed by atoms with van der Waals surface area (Å²) in [7, 11) is 1.54. The Morgan fingerprint density at radius 2 is 1.71 bits per heavy atom. The van der Waals surface area contributed by atoms with Crippen LogP contribution < -0.4 is 5.32 Å². The topological polar surface area (TPSA) is 79.4 Å². The predicted octanol–water partition coefficient (Wildman–Crippen LogP) is 2.22. The van der Waals surface area contributed by atoms with Gasteiger partial charge in [0.05, 0.1) is 11.9 Å². The van der Waals surface area contributed by atoms with Gasteiger partial charge in [0.25, 0.3) is 0 Å². The summed E-state index contributed by atoms with van der Waals surface area (Å²) in [6, 6.07) is 3.52. The number of nitrogens with zero attached hydrogens (tertiary/aromatic N) is 2. The van der Waals surface area contributed by atoms with Crippen molar-refractivity contribution in [1.29, 1.82) is 0 Å². The molecule has 2 atom stereocenters. The van der Waals surface area contributed by atoms with Gasteiger partial charge in [0.15, 0.2) is 0 Å². The highest BCUT2D eigenvalue weighted by molar-refractivity contribution is 6.05. The van der Waals surface area contributed by atoms with Gasteiger partial charge in [-0.05, 0) is 31.4 Å². The normalized spacial score (nSPS) is 35.8. The number of anilines is 1. The van der Waals surface area contributed by atoms with Crippen LogP contribution in [0.2, 0.25) is 0 Å². The highest BCUT2D eigenvalue weighted by Gasteiger charge is 2.62. The fraction of sp³-hybridized carbons (Fsp3) is 0.556. The molecule has 1 saturated carbocycles. The third-order valence-corrected chi connectivity index (χ3v) is 5.45. The largest absolute Gasteiger partial charge is 0.324 e. The number of fused-ring (bicyclic) bond motifs is 2. The fourth-order valence-electron chi connectivity index (χ4n) is 4.85. The van der Waals surface area contributed by atoms with Crippen LogP contribution in [0.5, 0.6) is 0 Å².